The van der Waals surface area contributed by atoms with Gasteiger partial charge in [-0.15, -0.1) is 0 Å². The first-order valence-corrected chi connectivity index (χ1v) is 11.9. The summed E-state index contributed by atoms with van der Waals surface area (Å²) in [4.78, 5) is 55.5. The van der Waals surface area contributed by atoms with Gasteiger partial charge in [0.1, 0.15) is 0 Å². The molecule has 0 aliphatic carbocycles. The van der Waals surface area contributed by atoms with Gasteiger partial charge in [0.05, 0.1) is 21.7 Å². The summed E-state index contributed by atoms with van der Waals surface area (Å²) < 4.78 is 1.35. The fraction of sp³-hybridized carbons (Fsp3) is 0.143. The van der Waals surface area contributed by atoms with Crippen LogP contribution in [0.2, 0.25) is 5.02 Å². The maximum atomic E-state index is 13.3. The number of rotatable bonds is 4. The number of Topliss-reactive ketones (excluding diaryl/α,β-unsaturated/α-hetero) is 1. The van der Waals surface area contributed by atoms with Gasteiger partial charge in [-0.2, -0.15) is 0 Å². The van der Waals surface area contributed by atoms with E-state index in [1.165, 1.54) is 15.7 Å². The third kappa shape index (κ3) is 4.29. The highest BCUT2D eigenvalue weighted by Crippen LogP contribution is 2.25. The molecule has 0 N–H and O–H groups in total. The second-order valence-corrected chi connectivity index (χ2v) is 8.90. The first kappa shape index (κ1) is 23.5. The van der Waals surface area contributed by atoms with Crippen LogP contribution in [0.4, 0.5) is 0 Å². The van der Waals surface area contributed by atoms with Crippen LogP contribution in [0.5, 0.6) is 0 Å². The van der Waals surface area contributed by atoms with E-state index in [0.29, 0.717) is 40.1 Å². The molecule has 2 amide bonds. The van der Waals surface area contributed by atoms with E-state index in [1.54, 1.807) is 77.7 Å². The molecule has 0 spiro atoms. The quantitative estimate of drug-likeness (QED) is 0.312. The first-order valence-electron chi connectivity index (χ1n) is 11.5. The number of hydrogen-bond donors (Lipinski definition) is 0. The van der Waals surface area contributed by atoms with Crippen LogP contribution in [0.25, 0.3) is 10.9 Å². The molecule has 7 nitrogen and oxygen atoms in total. The third-order valence-corrected chi connectivity index (χ3v) is 6.68. The van der Waals surface area contributed by atoms with Crippen LogP contribution in [-0.4, -0.2) is 64.1 Å². The summed E-state index contributed by atoms with van der Waals surface area (Å²) in [7, 11) is 0. The number of fused-ring (bicyclic) bond motifs is 1. The Labute approximate surface area is 212 Å². The van der Waals surface area contributed by atoms with Crippen molar-refractivity contribution in [3.05, 3.63) is 107 Å². The van der Waals surface area contributed by atoms with Crippen molar-refractivity contribution in [3.63, 3.8) is 0 Å². The maximum Gasteiger partial charge on any atom is 0.295 e. The minimum absolute atomic E-state index is 0.102. The van der Waals surface area contributed by atoms with Gasteiger partial charge >= 0.3 is 0 Å². The summed E-state index contributed by atoms with van der Waals surface area (Å²) in [5.74, 6) is -1.85. The lowest BCUT2D eigenvalue weighted by atomic mass is 10.1. The average Bonchev–Trinajstić information content (AvgIpc) is 3.32. The van der Waals surface area contributed by atoms with Gasteiger partial charge < -0.3 is 9.80 Å². The van der Waals surface area contributed by atoms with Crippen molar-refractivity contribution < 1.29 is 19.2 Å². The fourth-order valence-electron chi connectivity index (χ4n) is 4.43. The van der Waals surface area contributed by atoms with Crippen LogP contribution in [0.1, 0.15) is 31.1 Å². The highest BCUT2D eigenvalue weighted by molar-refractivity contribution is 6.45. The van der Waals surface area contributed by atoms with E-state index in [-0.39, 0.29) is 24.6 Å². The largest absolute Gasteiger partial charge is 0.335 e. The maximum absolute atomic E-state index is 13.3. The molecule has 180 valence electrons. The molecule has 4 aromatic rings. The predicted octanol–water partition coefficient (Wildman–Crippen LogP) is 4.15. The molecular weight excluding hydrogens is 478 g/mol. The van der Waals surface area contributed by atoms with Gasteiger partial charge in [0.25, 0.3) is 23.5 Å². The Morgan fingerprint density at radius 1 is 0.639 bits per heavy atom. The average molecular weight is 500 g/mol. The molecule has 0 radical (unpaired) electrons. The first-order chi connectivity index (χ1) is 17.5. The van der Waals surface area contributed by atoms with Crippen LogP contribution in [0.3, 0.4) is 0 Å². The molecule has 8 heteroatoms. The number of carbonyl (C=O) groups excluding carboxylic acids is 4. The van der Waals surface area contributed by atoms with Crippen molar-refractivity contribution in [1.29, 1.82) is 0 Å². The van der Waals surface area contributed by atoms with Crippen LogP contribution >= 0.6 is 11.6 Å². The summed E-state index contributed by atoms with van der Waals surface area (Å²) >= 11 is 6.22. The molecule has 3 aromatic carbocycles. The van der Waals surface area contributed by atoms with Gasteiger partial charge in [0.2, 0.25) is 0 Å². The summed E-state index contributed by atoms with van der Waals surface area (Å²) in [6.45, 7) is 1.17. The number of benzene rings is 3. The molecule has 1 aliphatic heterocycles. The Bertz CT molecular complexity index is 1490. The van der Waals surface area contributed by atoms with Crippen LogP contribution in [0.15, 0.2) is 85.1 Å². The minimum atomic E-state index is -0.695. The standard InChI is InChI=1S/C28H22ClN3O4/c29-23-12-6-4-11-21(23)27(35)32-18-22(20-10-5-7-13-24(20)32)25(33)28(36)31-16-14-30(15-17-31)26(34)19-8-2-1-3-9-19/h1-13,18H,14-17H2. The Balaban J connectivity index is 1.36. The molecule has 1 aromatic heterocycles. The number of piperazine rings is 1. The summed E-state index contributed by atoms with van der Waals surface area (Å²) in [6.07, 6.45) is 1.41. The van der Waals surface area contributed by atoms with E-state index in [1.807, 2.05) is 6.07 Å². The number of carbonyl (C=O) groups is 4. The molecule has 36 heavy (non-hydrogen) atoms. The van der Waals surface area contributed by atoms with Crippen LogP contribution in [-0.2, 0) is 4.79 Å². The Hall–Kier alpha value is -4.23. The van der Waals surface area contributed by atoms with Crippen molar-refractivity contribution in [2.24, 2.45) is 0 Å². The lowest BCUT2D eigenvalue weighted by Crippen LogP contribution is -2.52. The van der Waals surface area contributed by atoms with Crippen LogP contribution < -0.4 is 0 Å². The monoisotopic (exact) mass is 499 g/mol. The lowest BCUT2D eigenvalue weighted by Gasteiger charge is -2.34. The third-order valence-electron chi connectivity index (χ3n) is 6.35. The van der Waals surface area contributed by atoms with E-state index < -0.39 is 17.6 Å². The van der Waals surface area contributed by atoms with E-state index in [0.717, 1.165) is 0 Å². The Morgan fingerprint density at radius 3 is 1.97 bits per heavy atom. The van der Waals surface area contributed by atoms with E-state index in [9.17, 15) is 19.2 Å². The fourth-order valence-corrected chi connectivity index (χ4v) is 4.64. The predicted molar refractivity (Wildman–Crippen MR) is 136 cm³/mol. The molecule has 5 rings (SSSR count). The molecule has 0 atom stereocenters. The van der Waals surface area contributed by atoms with Gasteiger partial charge in [-0.3, -0.25) is 23.7 Å². The second-order valence-electron chi connectivity index (χ2n) is 8.49. The van der Waals surface area contributed by atoms with Gasteiger partial charge in [-0.05, 0) is 30.3 Å². The molecule has 1 saturated heterocycles. The summed E-state index contributed by atoms with van der Waals surface area (Å²) in [5, 5.41) is 0.807. The van der Waals surface area contributed by atoms with Gasteiger partial charge in [0, 0.05) is 43.3 Å². The molecule has 2 heterocycles. The lowest BCUT2D eigenvalue weighted by molar-refractivity contribution is -0.127. The number of para-hydroxylation sites is 1. The number of nitrogens with zero attached hydrogens (tertiary/aromatic N) is 3. The topological polar surface area (TPSA) is 79.7 Å². The van der Waals surface area contributed by atoms with Crippen molar-refractivity contribution in [2.75, 3.05) is 26.2 Å². The molecule has 0 unspecified atom stereocenters. The number of hydrogen-bond acceptors (Lipinski definition) is 4. The highest BCUT2D eigenvalue weighted by atomic mass is 35.5. The summed E-state index contributed by atoms with van der Waals surface area (Å²) in [5.41, 5.74) is 1.55. The zero-order chi connectivity index (χ0) is 25.2. The zero-order valence-corrected chi connectivity index (χ0v) is 20.0. The van der Waals surface area contributed by atoms with Gasteiger partial charge in [-0.1, -0.05) is 60.1 Å². The number of amides is 2. The minimum Gasteiger partial charge on any atom is -0.335 e. The highest BCUT2D eigenvalue weighted by Gasteiger charge is 2.31. The van der Waals surface area contributed by atoms with Gasteiger partial charge in [-0.25, -0.2) is 0 Å². The Morgan fingerprint density at radius 2 is 1.25 bits per heavy atom. The number of ketones is 1. The zero-order valence-electron chi connectivity index (χ0n) is 19.3. The van der Waals surface area contributed by atoms with Gasteiger partial charge in [0.15, 0.2) is 0 Å². The molecule has 0 bridgehead atoms. The summed E-state index contributed by atoms with van der Waals surface area (Å²) in [6, 6.07) is 22.6. The normalized spacial score (nSPS) is 13.6. The smallest absolute Gasteiger partial charge is 0.295 e. The van der Waals surface area contributed by atoms with E-state index in [2.05, 4.69) is 0 Å². The molecule has 1 fully saturated rings. The Kier molecular flexibility index (Phi) is 6.40. The van der Waals surface area contributed by atoms with Crippen molar-refractivity contribution in [2.45, 2.75) is 0 Å². The molecule has 0 saturated carbocycles. The number of aromatic nitrogens is 1. The SMILES string of the molecule is O=C(C(=O)N1CCN(C(=O)c2ccccc2)CC1)c1cn(C(=O)c2ccccc2Cl)c2ccccc12. The van der Waals surface area contributed by atoms with Crippen LogP contribution in [0, 0.1) is 0 Å². The molecular formula is C28H22ClN3O4. The van der Waals surface area contributed by atoms with Crippen molar-refractivity contribution >= 4 is 46.0 Å². The second kappa shape index (κ2) is 9.79. The van der Waals surface area contributed by atoms with Crippen molar-refractivity contribution in [3.8, 4) is 0 Å². The van der Waals surface area contributed by atoms with E-state index >= 15 is 0 Å². The number of halogens is 1. The van der Waals surface area contributed by atoms with Crippen molar-refractivity contribution in [1.82, 2.24) is 14.4 Å². The molecule has 1 aliphatic rings. The van der Waals surface area contributed by atoms with E-state index in [4.69, 9.17) is 11.6 Å².